The predicted molar refractivity (Wildman–Crippen MR) is 71.3 cm³/mol. The number of hydrogen-bond donors (Lipinski definition) is 1. The van der Waals surface area contributed by atoms with Gasteiger partial charge in [-0.05, 0) is 18.4 Å². The third kappa shape index (κ3) is 2.03. The summed E-state index contributed by atoms with van der Waals surface area (Å²) in [5.74, 6) is 0.679. The highest BCUT2D eigenvalue weighted by atomic mass is 32.2. The van der Waals surface area contributed by atoms with Gasteiger partial charge >= 0.3 is 0 Å². The van der Waals surface area contributed by atoms with E-state index in [0.717, 1.165) is 0 Å². The average molecular weight is 267 g/mol. The van der Waals surface area contributed by atoms with Crippen molar-refractivity contribution in [3.05, 3.63) is 24.0 Å². The number of thioether (sulfide) groups is 1. The molecule has 18 heavy (non-hydrogen) atoms. The number of hydrogen-bond acceptors (Lipinski definition) is 4. The molecule has 0 aliphatic carbocycles. The summed E-state index contributed by atoms with van der Waals surface area (Å²) in [6.07, 6.45) is 1.80. The third-order valence-electron chi connectivity index (χ3n) is 2.68. The van der Waals surface area contributed by atoms with E-state index in [1.54, 1.807) is 31.5 Å². The Morgan fingerprint density at radius 2 is 2.17 bits per heavy atom. The maximum atomic E-state index is 14.4. The number of nitrogens with zero attached hydrogens (tertiary/aromatic N) is 2. The number of nitrogen functional groups attached to an aromatic ring is 1. The second-order valence-electron chi connectivity index (χ2n) is 3.74. The van der Waals surface area contributed by atoms with Crippen molar-refractivity contribution in [1.82, 2.24) is 9.78 Å². The lowest BCUT2D eigenvalue weighted by Crippen LogP contribution is -1.97. The molecule has 0 saturated heterocycles. The summed E-state index contributed by atoms with van der Waals surface area (Å²) in [5, 5.41) is 4.17. The number of benzene rings is 1. The Balaban J connectivity index is 2.58. The molecule has 2 rings (SSSR count). The minimum absolute atomic E-state index is 0.333. The van der Waals surface area contributed by atoms with Gasteiger partial charge in [-0.1, -0.05) is 0 Å². The Bertz CT molecular complexity index is 563. The molecule has 2 aromatic rings. The van der Waals surface area contributed by atoms with E-state index in [2.05, 4.69) is 5.10 Å². The van der Waals surface area contributed by atoms with Gasteiger partial charge in [0.15, 0.2) is 0 Å². The number of ether oxygens (including phenoxy) is 1. The number of aryl methyl sites for hydroxylation is 1. The van der Waals surface area contributed by atoms with E-state index in [0.29, 0.717) is 27.7 Å². The fourth-order valence-electron chi connectivity index (χ4n) is 1.70. The molecule has 0 unspecified atom stereocenters. The van der Waals surface area contributed by atoms with Crippen molar-refractivity contribution in [2.45, 2.75) is 4.90 Å². The lowest BCUT2D eigenvalue weighted by Gasteiger charge is -2.09. The van der Waals surface area contributed by atoms with Gasteiger partial charge in [0.05, 0.1) is 17.7 Å². The molecule has 0 atom stereocenters. The van der Waals surface area contributed by atoms with Crippen LogP contribution in [0, 0.1) is 5.82 Å². The van der Waals surface area contributed by atoms with Crippen LogP contribution in [-0.2, 0) is 7.05 Å². The first-order valence-electron chi connectivity index (χ1n) is 5.28. The topological polar surface area (TPSA) is 53.1 Å². The molecule has 0 amide bonds. The lowest BCUT2D eigenvalue weighted by atomic mass is 10.1. The third-order valence-corrected chi connectivity index (χ3v) is 3.47. The molecule has 0 radical (unpaired) electrons. The summed E-state index contributed by atoms with van der Waals surface area (Å²) in [6, 6.07) is 5.03. The highest BCUT2D eigenvalue weighted by Gasteiger charge is 2.16. The van der Waals surface area contributed by atoms with Crippen LogP contribution in [0.25, 0.3) is 11.3 Å². The molecule has 96 valence electrons. The number of rotatable bonds is 3. The van der Waals surface area contributed by atoms with Crippen LogP contribution >= 0.6 is 11.8 Å². The minimum Gasteiger partial charge on any atom is -0.495 e. The average Bonchev–Trinajstić information content (AvgIpc) is 2.68. The van der Waals surface area contributed by atoms with Crippen LogP contribution in [0.1, 0.15) is 0 Å². The number of aromatic nitrogens is 2. The molecule has 0 aliphatic rings. The van der Waals surface area contributed by atoms with Crippen molar-refractivity contribution in [1.29, 1.82) is 0 Å². The van der Waals surface area contributed by atoms with Crippen LogP contribution in [-0.4, -0.2) is 23.1 Å². The molecular weight excluding hydrogens is 253 g/mol. The summed E-state index contributed by atoms with van der Waals surface area (Å²) in [4.78, 5) is 0.472. The van der Waals surface area contributed by atoms with Gasteiger partial charge in [-0.25, -0.2) is 4.39 Å². The SMILES string of the molecule is COc1ccc(-c2cc(N)n(C)n2)c(F)c1SC. The highest BCUT2D eigenvalue weighted by Crippen LogP contribution is 2.36. The molecule has 4 nitrogen and oxygen atoms in total. The maximum Gasteiger partial charge on any atom is 0.149 e. The zero-order chi connectivity index (χ0) is 13.3. The number of halogens is 1. The van der Waals surface area contributed by atoms with Crippen LogP contribution in [0.3, 0.4) is 0 Å². The fourth-order valence-corrected chi connectivity index (χ4v) is 2.34. The molecule has 0 bridgehead atoms. The molecule has 0 spiro atoms. The standard InChI is InChI=1S/C12H14FN3OS/c1-16-10(14)6-8(15-16)7-4-5-9(17-2)12(18-3)11(7)13/h4-6H,14H2,1-3H3. The van der Waals surface area contributed by atoms with Crippen LogP contribution < -0.4 is 10.5 Å². The van der Waals surface area contributed by atoms with Crippen molar-refractivity contribution < 1.29 is 9.13 Å². The summed E-state index contributed by atoms with van der Waals surface area (Å²) >= 11 is 1.30. The zero-order valence-electron chi connectivity index (χ0n) is 10.4. The Morgan fingerprint density at radius 1 is 1.44 bits per heavy atom. The van der Waals surface area contributed by atoms with E-state index < -0.39 is 0 Å². The van der Waals surface area contributed by atoms with E-state index in [-0.39, 0.29) is 5.82 Å². The second-order valence-corrected chi connectivity index (χ2v) is 4.56. The van der Waals surface area contributed by atoms with Crippen LogP contribution in [0.4, 0.5) is 10.2 Å². The van der Waals surface area contributed by atoms with Gasteiger partial charge in [0.2, 0.25) is 0 Å². The molecule has 1 heterocycles. The Hall–Kier alpha value is -1.69. The van der Waals surface area contributed by atoms with E-state index in [4.69, 9.17) is 10.5 Å². The normalized spacial score (nSPS) is 10.7. The summed E-state index contributed by atoms with van der Waals surface area (Å²) in [7, 11) is 3.24. The zero-order valence-corrected chi connectivity index (χ0v) is 11.2. The van der Waals surface area contributed by atoms with E-state index >= 15 is 0 Å². The van der Waals surface area contributed by atoms with Crippen molar-refractivity contribution >= 4 is 17.6 Å². The summed E-state index contributed by atoms with van der Waals surface area (Å²) < 4.78 is 21.0. The van der Waals surface area contributed by atoms with Crippen molar-refractivity contribution in [3.8, 4) is 17.0 Å². The number of methoxy groups -OCH3 is 1. The first-order chi connectivity index (χ1) is 8.58. The second kappa shape index (κ2) is 4.89. The Morgan fingerprint density at radius 3 is 2.67 bits per heavy atom. The van der Waals surface area contributed by atoms with Crippen LogP contribution in [0.15, 0.2) is 23.1 Å². The largest absolute Gasteiger partial charge is 0.495 e. The van der Waals surface area contributed by atoms with Gasteiger partial charge in [0.25, 0.3) is 0 Å². The number of nitrogens with two attached hydrogens (primary N) is 1. The van der Waals surface area contributed by atoms with E-state index in [1.807, 2.05) is 0 Å². The first kappa shape index (κ1) is 12.8. The summed E-state index contributed by atoms with van der Waals surface area (Å²) in [5.41, 5.74) is 6.65. The van der Waals surface area contributed by atoms with Crippen molar-refractivity contribution in [2.24, 2.45) is 7.05 Å². The molecule has 0 fully saturated rings. The lowest BCUT2D eigenvalue weighted by molar-refractivity contribution is 0.398. The molecule has 1 aromatic heterocycles. The molecule has 6 heteroatoms. The van der Waals surface area contributed by atoms with Crippen molar-refractivity contribution in [2.75, 3.05) is 19.1 Å². The summed E-state index contributed by atoms with van der Waals surface area (Å²) in [6.45, 7) is 0. The van der Waals surface area contributed by atoms with Crippen LogP contribution in [0.5, 0.6) is 5.75 Å². The monoisotopic (exact) mass is 267 g/mol. The van der Waals surface area contributed by atoms with Crippen molar-refractivity contribution in [3.63, 3.8) is 0 Å². The Labute approximate surface area is 109 Å². The van der Waals surface area contributed by atoms with Gasteiger partial charge in [0, 0.05) is 18.7 Å². The molecule has 0 saturated carbocycles. The molecule has 1 aromatic carbocycles. The highest BCUT2D eigenvalue weighted by molar-refractivity contribution is 7.98. The Kier molecular flexibility index (Phi) is 3.47. The van der Waals surface area contributed by atoms with Gasteiger partial charge in [-0.3, -0.25) is 4.68 Å². The molecule has 0 aliphatic heterocycles. The van der Waals surface area contributed by atoms with E-state index in [1.165, 1.54) is 23.6 Å². The van der Waals surface area contributed by atoms with Gasteiger partial charge in [-0.15, -0.1) is 11.8 Å². The molecule has 2 N–H and O–H groups in total. The van der Waals surface area contributed by atoms with Gasteiger partial charge < -0.3 is 10.5 Å². The quantitative estimate of drug-likeness (QED) is 0.868. The molecular formula is C12H14FN3OS. The van der Waals surface area contributed by atoms with Crippen LogP contribution in [0.2, 0.25) is 0 Å². The van der Waals surface area contributed by atoms with E-state index in [9.17, 15) is 4.39 Å². The maximum absolute atomic E-state index is 14.4. The van der Waals surface area contributed by atoms with Gasteiger partial charge in [0.1, 0.15) is 17.4 Å². The first-order valence-corrected chi connectivity index (χ1v) is 6.51. The van der Waals surface area contributed by atoms with Gasteiger partial charge in [-0.2, -0.15) is 5.10 Å². The predicted octanol–water partition coefficient (Wildman–Crippen LogP) is 2.54. The number of anilines is 1. The smallest absolute Gasteiger partial charge is 0.149 e. The minimum atomic E-state index is -0.333. The fraction of sp³-hybridized carbons (Fsp3) is 0.250.